The summed E-state index contributed by atoms with van der Waals surface area (Å²) in [5.74, 6) is 0.839. The van der Waals surface area contributed by atoms with Gasteiger partial charge in [-0.3, -0.25) is 0 Å². The lowest BCUT2D eigenvalue weighted by molar-refractivity contribution is -0.0326. The van der Waals surface area contributed by atoms with E-state index in [1.54, 1.807) is 11.3 Å². The zero-order valence-corrected chi connectivity index (χ0v) is 15.9. The number of rotatable bonds is 2. The maximum atomic E-state index is 6.32. The Bertz CT molecular complexity index is 1000. The monoisotopic (exact) mass is 400 g/mol. The molecule has 130 valence electrons. The maximum absolute atomic E-state index is 6.32. The fraction of sp³-hybridized carbons (Fsp3) is 0.100. The van der Waals surface area contributed by atoms with Gasteiger partial charge >= 0.3 is 0 Å². The van der Waals surface area contributed by atoms with Gasteiger partial charge in [0.25, 0.3) is 0 Å². The molecule has 1 aromatic heterocycles. The van der Waals surface area contributed by atoms with Crippen LogP contribution in [-0.2, 0) is 0 Å². The van der Waals surface area contributed by atoms with Crippen molar-refractivity contribution in [2.24, 2.45) is 0 Å². The Morgan fingerprint density at radius 2 is 1.88 bits per heavy atom. The number of hydrogen-bond acceptors (Lipinski definition) is 4. The Hall–Kier alpha value is -1.98. The van der Waals surface area contributed by atoms with Gasteiger partial charge in [0.05, 0.1) is 16.6 Å². The third kappa shape index (κ3) is 2.70. The smallest absolute Gasteiger partial charge is 0.196 e. The molecule has 0 saturated heterocycles. The number of fused-ring (bicyclic) bond motifs is 3. The minimum atomic E-state index is -0.291. The molecule has 2 aliphatic heterocycles. The Morgan fingerprint density at radius 3 is 2.69 bits per heavy atom. The molecule has 1 N–H and O–H groups in total. The van der Waals surface area contributed by atoms with Gasteiger partial charge in [0.15, 0.2) is 6.23 Å². The molecule has 0 spiro atoms. The number of ether oxygens (including phenoxy) is 1. The van der Waals surface area contributed by atoms with Crippen LogP contribution in [-0.4, -0.2) is 5.01 Å². The summed E-state index contributed by atoms with van der Waals surface area (Å²) in [5, 5.41) is 5.58. The standard InChI is InChI=1S/C20H14Cl2N2OS/c21-13-4-1-3-12(9-13)20-24-17(11-16(23-24)19-5-2-8-26-19)15-10-14(22)6-7-18(15)25-20/h1-11,17,20,23H. The number of thiophene rings is 1. The van der Waals surface area contributed by atoms with Crippen LogP contribution in [0.15, 0.2) is 66.1 Å². The molecule has 0 saturated carbocycles. The van der Waals surface area contributed by atoms with Crippen molar-refractivity contribution < 1.29 is 4.74 Å². The second kappa shape index (κ2) is 6.32. The number of hydrazine groups is 1. The first-order chi connectivity index (χ1) is 12.7. The van der Waals surface area contributed by atoms with Crippen LogP contribution in [0.1, 0.15) is 28.3 Å². The number of benzene rings is 2. The first-order valence-electron chi connectivity index (χ1n) is 8.21. The van der Waals surface area contributed by atoms with Crippen molar-refractivity contribution >= 4 is 40.2 Å². The molecule has 26 heavy (non-hydrogen) atoms. The van der Waals surface area contributed by atoms with Gasteiger partial charge in [0.1, 0.15) is 5.75 Å². The highest BCUT2D eigenvalue weighted by molar-refractivity contribution is 7.11. The van der Waals surface area contributed by atoms with Gasteiger partial charge in [-0.2, -0.15) is 5.01 Å². The summed E-state index contributed by atoms with van der Waals surface area (Å²) in [6, 6.07) is 17.7. The van der Waals surface area contributed by atoms with Crippen LogP contribution in [0.4, 0.5) is 0 Å². The average molecular weight is 401 g/mol. The van der Waals surface area contributed by atoms with Gasteiger partial charge in [-0.25, -0.2) is 0 Å². The van der Waals surface area contributed by atoms with Crippen molar-refractivity contribution in [1.82, 2.24) is 10.4 Å². The van der Waals surface area contributed by atoms with Gasteiger partial charge in [-0.15, -0.1) is 11.3 Å². The Kier molecular flexibility index (Phi) is 3.94. The summed E-state index contributed by atoms with van der Waals surface area (Å²) in [6.07, 6.45) is 1.93. The molecule has 2 aromatic carbocycles. The summed E-state index contributed by atoms with van der Waals surface area (Å²) >= 11 is 14.2. The fourth-order valence-electron chi connectivity index (χ4n) is 3.42. The molecule has 0 fully saturated rings. The van der Waals surface area contributed by atoms with E-state index >= 15 is 0 Å². The molecular formula is C20H14Cl2N2OS. The van der Waals surface area contributed by atoms with Crippen molar-refractivity contribution in [3.63, 3.8) is 0 Å². The molecule has 3 aromatic rings. The molecule has 2 aliphatic rings. The van der Waals surface area contributed by atoms with Crippen molar-refractivity contribution in [2.45, 2.75) is 12.3 Å². The zero-order valence-electron chi connectivity index (χ0n) is 13.5. The Balaban J connectivity index is 1.62. The topological polar surface area (TPSA) is 24.5 Å². The average Bonchev–Trinajstić information content (AvgIpc) is 3.31. The van der Waals surface area contributed by atoms with E-state index in [2.05, 4.69) is 34.0 Å². The molecule has 2 atom stereocenters. The minimum Gasteiger partial charge on any atom is -0.469 e. The fourth-order valence-corrected chi connectivity index (χ4v) is 4.50. The first-order valence-corrected chi connectivity index (χ1v) is 9.85. The predicted molar refractivity (Wildman–Crippen MR) is 106 cm³/mol. The molecule has 0 bridgehead atoms. The quantitative estimate of drug-likeness (QED) is 0.566. The lowest BCUT2D eigenvalue weighted by Crippen LogP contribution is -2.43. The van der Waals surface area contributed by atoms with E-state index in [-0.39, 0.29) is 12.3 Å². The highest BCUT2D eigenvalue weighted by atomic mass is 35.5. The maximum Gasteiger partial charge on any atom is 0.196 e. The van der Waals surface area contributed by atoms with Crippen molar-refractivity contribution in [2.75, 3.05) is 0 Å². The third-order valence-corrected chi connectivity index (χ3v) is 5.95. The van der Waals surface area contributed by atoms with Gasteiger partial charge in [0.2, 0.25) is 0 Å². The minimum absolute atomic E-state index is 0.0264. The van der Waals surface area contributed by atoms with E-state index < -0.39 is 0 Å². The molecule has 3 nitrogen and oxygen atoms in total. The van der Waals surface area contributed by atoms with E-state index in [4.69, 9.17) is 27.9 Å². The SMILES string of the molecule is Clc1cccc(C2Oc3ccc(Cl)cc3C3C=C(c4cccs4)NN32)c1. The van der Waals surface area contributed by atoms with E-state index in [0.29, 0.717) is 10.0 Å². The van der Waals surface area contributed by atoms with Gasteiger partial charge in [-0.05, 0) is 47.9 Å². The van der Waals surface area contributed by atoms with Gasteiger partial charge < -0.3 is 10.2 Å². The number of nitrogens with one attached hydrogen (secondary N) is 1. The second-order valence-corrected chi connectivity index (χ2v) is 8.05. The summed E-state index contributed by atoms with van der Waals surface area (Å²) in [6.45, 7) is 0. The second-order valence-electron chi connectivity index (χ2n) is 6.23. The normalized spacial score (nSPS) is 21.4. The Labute approximate surface area is 165 Å². The highest BCUT2D eigenvalue weighted by Gasteiger charge is 2.40. The molecular weight excluding hydrogens is 387 g/mol. The molecule has 0 aliphatic carbocycles. The van der Waals surface area contributed by atoms with Crippen molar-refractivity contribution in [1.29, 1.82) is 0 Å². The van der Waals surface area contributed by atoms with Gasteiger partial charge in [-0.1, -0.05) is 41.4 Å². The van der Waals surface area contributed by atoms with E-state index in [1.165, 1.54) is 4.88 Å². The van der Waals surface area contributed by atoms with Crippen LogP contribution in [0.5, 0.6) is 5.75 Å². The van der Waals surface area contributed by atoms with Crippen LogP contribution in [0.3, 0.4) is 0 Å². The van der Waals surface area contributed by atoms with Crippen LogP contribution >= 0.6 is 34.5 Å². The van der Waals surface area contributed by atoms with Crippen LogP contribution in [0.2, 0.25) is 10.0 Å². The lowest BCUT2D eigenvalue weighted by atomic mass is 10.0. The molecule has 3 heterocycles. The first kappa shape index (κ1) is 16.2. The zero-order chi connectivity index (χ0) is 17.7. The predicted octanol–water partition coefficient (Wildman–Crippen LogP) is 6.05. The van der Waals surface area contributed by atoms with Crippen LogP contribution in [0.25, 0.3) is 5.70 Å². The molecule has 2 unspecified atom stereocenters. The Morgan fingerprint density at radius 1 is 1.00 bits per heavy atom. The lowest BCUT2D eigenvalue weighted by Gasteiger charge is -2.39. The van der Waals surface area contributed by atoms with Crippen LogP contribution in [0, 0.1) is 0 Å². The number of hydrogen-bond donors (Lipinski definition) is 1. The summed E-state index contributed by atoms with van der Waals surface area (Å²) in [7, 11) is 0. The van der Waals surface area contributed by atoms with E-state index in [0.717, 1.165) is 22.6 Å². The number of halogens is 2. The molecule has 0 radical (unpaired) electrons. The summed E-state index contributed by atoms with van der Waals surface area (Å²) in [5.41, 5.74) is 6.64. The van der Waals surface area contributed by atoms with E-state index in [1.807, 2.05) is 42.5 Å². The van der Waals surface area contributed by atoms with Crippen molar-refractivity contribution in [3.05, 3.63) is 92.1 Å². The summed E-state index contributed by atoms with van der Waals surface area (Å²) in [4.78, 5) is 1.19. The van der Waals surface area contributed by atoms with E-state index in [9.17, 15) is 0 Å². The summed E-state index contributed by atoms with van der Waals surface area (Å²) < 4.78 is 6.32. The molecule has 0 amide bonds. The third-order valence-electron chi connectivity index (χ3n) is 4.58. The van der Waals surface area contributed by atoms with Crippen LogP contribution < -0.4 is 10.2 Å². The number of nitrogens with zero attached hydrogens (tertiary/aromatic N) is 1. The van der Waals surface area contributed by atoms with Gasteiger partial charge in [0, 0.05) is 21.2 Å². The largest absolute Gasteiger partial charge is 0.469 e. The highest BCUT2D eigenvalue weighted by Crippen LogP contribution is 2.47. The molecule has 6 heteroatoms. The molecule has 5 rings (SSSR count). The van der Waals surface area contributed by atoms with Crippen molar-refractivity contribution in [3.8, 4) is 5.75 Å².